The number of carbonyl (C=O) groups is 2. The highest BCUT2D eigenvalue weighted by Gasteiger charge is 2.21. The van der Waals surface area contributed by atoms with E-state index >= 15 is 0 Å². The number of hydrogen-bond donors (Lipinski definition) is 3. The first-order valence-corrected chi connectivity index (χ1v) is 8.74. The monoisotopic (exact) mass is 352 g/mol. The zero-order chi connectivity index (χ0) is 18.7. The Morgan fingerprint density at radius 3 is 2.73 bits per heavy atom. The van der Waals surface area contributed by atoms with Crippen molar-refractivity contribution < 1.29 is 9.59 Å². The molecule has 2 aromatic rings. The number of nitrogen functional groups attached to an aromatic ring is 1. The van der Waals surface area contributed by atoms with Gasteiger partial charge < -0.3 is 16.0 Å². The van der Waals surface area contributed by atoms with Crippen LogP contribution in [0.5, 0.6) is 0 Å². The molecule has 0 fully saturated rings. The molecule has 1 heterocycles. The minimum absolute atomic E-state index is 0.122. The lowest BCUT2D eigenvalue weighted by atomic mass is 10.00. The molecule has 0 bridgehead atoms. The van der Waals surface area contributed by atoms with Gasteiger partial charge in [0.15, 0.2) is 0 Å². The number of nitrogens with zero attached hydrogens (tertiary/aromatic N) is 1. The Morgan fingerprint density at radius 2 is 1.96 bits per heavy atom. The molecule has 1 aliphatic rings. The predicted molar refractivity (Wildman–Crippen MR) is 104 cm³/mol. The van der Waals surface area contributed by atoms with Gasteiger partial charge in [-0.3, -0.25) is 10.1 Å². The van der Waals surface area contributed by atoms with Crippen LogP contribution in [0.4, 0.5) is 21.9 Å². The van der Waals surface area contributed by atoms with Gasteiger partial charge in [-0.25, -0.2) is 4.79 Å². The zero-order valence-corrected chi connectivity index (χ0v) is 15.1. The quantitative estimate of drug-likeness (QED) is 0.741. The van der Waals surface area contributed by atoms with E-state index in [9.17, 15) is 9.59 Å². The van der Waals surface area contributed by atoms with Gasteiger partial charge in [0.1, 0.15) is 0 Å². The van der Waals surface area contributed by atoms with Crippen molar-refractivity contribution in [1.82, 2.24) is 5.32 Å². The van der Waals surface area contributed by atoms with Crippen LogP contribution in [0.3, 0.4) is 0 Å². The summed E-state index contributed by atoms with van der Waals surface area (Å²) in [6.07, 6.45) is 1.84. The summed E-state index contributed by atoms with van der Waals surface area (Å²) in [6, 6.07) is 10.8. The lowest BCUT2D eigenvalue weighted by Gasteiger charge is -2.31. The van der Waals surface area contributed by atoms with Gasteiger partial charge >= 0.3 is 6.03 Å². The number of nitrogens with one attached hydrogen (secondary N) is 2. The van der Waals surface area contributed by atoms with Crippen LogP contribution in [0, 0.1) is 13.8 Å². The third kappa shape index (κ3) is 3.96. The summed E-state index contributed by atoms with van der Waals surface area (Å²) in [5, 5.41) is 5.09. The van der Waals surface area contributed by atoms with Crippen LogP contribution in [0.2, 0.25) is 0 Å². The summed E-state index contributed by atoms with van der Waals surface area (Å²) < 4.78 is 0. The molecule has 1 aliphatic heterocycles. The normalized spacial score (nSPS) is 13.1. The van der Waals surface area contributed by atoms with Crippen molar-refractivity contribution in [3.63, 3.8) is 0 Å². The number of hydrogen-bond acceptors (Lipinski definition) is 4. The molecule has 0 aliphatic carbocycles. The van der Waals surface area contributed by atoms with E-state index < -0.39 is 6.03 Å². The van der Waals surface area contributed by atoms with Crippen LogP contribution in [0.1, 0.15) is 23.1 Å². The molecule has 136 valence electrons. The third-order valence-electron chi connectivity index (χ3n) is 4.74. The molecule has 6 nitrogen and oxygen atoms in total. The Hall–Kier alpha value is -3.02. The third-order valence-corrected chi connectivity index (χ3v) is 4.74. The summed E-state index contributed by atoms with van der Waals surface area (Å²) in [5.74, 6) is -0.346. The van der Waals surface area contributed by atoms with Crippen molar-refractivity contribution in [2.45, 2.75) is 26.7 Å². The highest BCUT2D eigenvalue weighted by atomic mass is 16.2. The van der Waals surface area contributed by atoms with Gasteiger partial charge in [0, 0.05) is 23.6 Å². The average Bonchev–Trinajstić information content (AvgIpc) is 2.59. The van der Waals surface area contributed by atoms with E-state index in [1.54, 1.807) is 0 Å². The van der Waals surface area contributed by atoms with E-state index in [1.807, 2.05) is 55.1 Å². The molecule has 0 saturated carbocycles. The maximum atomic E-state index is 12.3. The molecular weight excluding hydrogens is 328 g/mol. The first-order chi connectivity index (χ1) is 12.4. The molecule has 0 radical (unpaired) electrons. The number of fused-ring (bicyclic) bond motifs is 1. The van der Waals surface area contributed by atoms with Crippen molar-refractivity contribution in [2.24, 2.45) is 0 Å². The van der Waals surface area contributed by atoms with Gasteiger partial charge in [0.25, 0.3) is 0 Å². The Labute approximate surface area is 153 Å². The number of benzene rings is 2. The summed E-state index contributed by atoms with van der Waals surface area (Å²) in [6.45, 7) is 4.87. The topological polar surface area (TPSA) is 87.5 Å². The fourth-order valence-electron chi connectivity index (χ4n) is 3.21. The molecule has 3 amide bonds. The van der Waals surface area contributed by atoms with Crippen molar-refractivity contribution >= 4 is 29.0 Å². The number of carbonyl (C=O) groups excluding carboxylic acids is 2. The van der Waals surface area contributed by atoms with Crippen LogP contribution in [0.15, 0.2) is 36.4 Å². The minimum atomic E-state index is -0.525. The predicted octanol–water partition coefficient (Wildman–Crippen LogP) is 2.99. The van der Waals surface area contributed by atoms with E-state index in [1.165, 1.54) is 0 Å². The highest BCUT2D eigenvalue weighted by molar-refractivity contribution is 6.02. The summed E-state index contributed by atoms with van der Waals surface area (Å²) in [7, 11) is 0. The van der Waals surface area contributed by atoms with E-state index in [-0.39, 0.29) is 12.5 Å². The molecule has 0 saturated heterocycles. The maximum absolute atomic E-state index is 12.3. The molecule has 0 unspecified atom stereocenters. The molecule has 3 rings (SSSR count). The number of urea groups is 1. The van der Waals surface area contributed by atoms with Crippen molar-refractivity contribution in [3.05, 3.63) is 53.1 Å². The standard InChI is InChI=1S/C20H24N4O2/c1-13-8-9-15(11-14(13)2)22-20(26)23-19(25)12-24-10-4-5-16-17(21)6-3-7-18(16)24/h3,6-9,11H,4-5,10,12,21H2,1-2H3,(H2,22,23,25,26). The van der Waals surface area contributed by atoms with E-state index in [0.717, 1.165) is 47.5 Å². The number of anilines is 3. The zero-order valence-electron chi connectivity index (χ0n) is 15.1. The molecule has 4 N–H and O–H groups in total. The molecule has 2 aromatic carbocycles. The number of rotatable bonds is 3. The average molecular weight is 352 g/mol. The highest BCUT2D eigenvalue weighted by Crippen LogP contribution is 2.30. The Balaban J connectivity index is 1.60. The number of amides is 3. The molecule has 0 spiro atoms. The Morgan fingerprint density at radius 1 is 1.15 bits per heavy atom. The second-order valence-electron chi connectivity index (χ2n) is 6.67. The molecule has 0 atom stereocenters. The van der Waals surface area contributed by atoms with E-state index in [0.29, 0.717) is 5.69 Å². The van der Waals surface area contributed by atoms with Crippen molar-refractivity contribution in [3.8, 4) is 0 Å². The minimum Gasteiger partial charge on any atom is -0.398 e. The molecule has 0 aromatic heterocycles. The van der Waals surface area contributed by atoms with Crippen LogP contribution in [-0.4, -0.2) is 25.0 Å². The summed E-state index contributed by atoms with van der Waals surface area (Å²) >= 11 is 0. The van der Waals surface area contributed by atoms with Gasteiger partial charge in [0.2, 0.25) is 5.91 Å². The van der Waals surface area contributed by atoms with Crippen molar-refractivity contribution in [1.29, 1.82) is 0 Å². The van der Waals surface area contributed by atoms with Gasteiger partial charge in [-0.15, -0.1) is 0 Å². The van der Waals surface area contributed by atoms with Gasteiger partial charge in [-0.2, -0.15) is 0 Å². The molecular formula is C20H24N4O2. The lowest BCUT2D eigenvalue weighted by Crippen LogP contribution is -2.43. The SMILES string of the molecule is Cc1ccc(NC(=O)NC(=O)CN2CCCc3c(N)cccc32)cc1C. The van der Waals surface area contributed by atoms with Crippen molar-refractivity contribution in [2.75, 3.05) is 29.0 Å². The Kier molecular flexibility index (Phi) is 5.11. The van der Waals surface area contributed by atoms with Gasteiger partial charge in [-0.1, -0.05) is 12.1 Å². The summed E-state index contributed by atoms with van der Waals surface area (Å²) in [4.78, 5) is 26.3. The largest absolute Gasteiger partial charge is 0.398 e. The molecule has 6 heteroatoms. The maximum Gasteiger partial charge on any atom is 0.325 e. The second-order valence-corrected chi connectivity index (χ2v) is 6.67. The van der Waals surface area contributed by atoms with Crippen LogP contribution in [0.25, 0.3) is 0 Å². The van der Waals surface area contributed by atoms with Gasteiger partial charge in [0.05, 0.1) is 6.54 Å². The molecule has 26 heavy (non-hydrogen) atoms. The summed E-state index contributed by atoms with van der Waals surface area (Å²) in [5.41, 5.74) is 11.7. The smallest absolute Gasteiger partial charge is 0.325 e. The lowest BCUT2D eigenvalue weighted by molar-refractivity contribution is -0.118. The Bertz CT molecular complexity index is 848. The van der Waals surface area contributed by atoms with Gasteiger partial charge in [-0.05, 0) is 67.6 Å². The first-order valence-electron chi connectivity index (χ1n) is 8.74. The first kappa shape index (κ1) is 17.8. The van der Waals surface area contributed by atoms with Crippen LogP contribution < -0.4 is 21.3 Å². The van der Waals surface area contributed by atoms with Crippen LogP contribution >= 0.6 is 0 Å². The fraction of sp³-hybridized carbons (Fsp3) is 0.300. The van der Waals surface area contributed by atoms with E-state index in [2.05, 4.69) is 10.6 Å². The van der Waals surface area contributed by atoms with Crippen LogP contribution in [-0.2, 0) is 11.2 Å². The number of nitrogens with two attached hydrogens (primary N) is 1. The fourth-order valence-corrected chi connectivity index (χ4v) is 3.21. The number of imide groups is 1. The van der Waals surface area contributed by atoms with E-state index in [4.69, 9.17) is 5.73 Å². The second kappa shape index (κ2) is 7.47. The number of aryl methyl sites for hydroxylation is 2.